The molecule has 4 rings (SSSR count). The van der Waals surface area contributed by atoms with E-state index in [1.165, 1.54) is 57.3 Å². The molecule has 3 fully saturated rings. The highest BCUT2D eigenvalue weighted by Crippen LogP contribution is 2.41. The van der Waals surface area contributed by atoms with Gasteiger partial charge >= 0.3 is 0 Å². The minimum Gasteiger partial charge on any atom is -0.340 e. The molecule has 1 spiro atoms. The molecular weight excluding hydrogens is 272 g/mol. The van der Waals surface area contributed by atoms with E-state index in [-0.39, 0.29) is 0 Å². The maximum Gasteiger partial charge on any atom is 0.225 e. The quantitative estimate of drug-likeness (QED) is 0.856. The van der Waals surface area contributed by atoms with Gasteiger partial charge in [0.2, 0.25) is 5.95 Å². The zero-order valence-electron chi connectivity index (χ0n) is 13.8. The molecule has 22 heavy (non-hydrogen) atoms. The van der Waals surface area contributed by atoms with Gasteiger partial charge in [0.05, 0.1) is 0 Å². The summed E-state index contributed by atoms with van der Waals surface area (Å²) in [5, 5.41) is 0. The van der Waals surface area contributed by atoms with Crippen molar-refractivity contribution in [3.63, 3.8) is 0 Å². The summed E-state index contributed by atoms with van der Waals surface area (Å²) in [6.07, 6.45) is 12.0. The molecule has 2 aliphatic heterocycles. The molecule has 3 aliphatic rings. The Labute approximate surface area is 133 Å². The number of piperidine rings is 1. The van der Waals surface area contributed by atoms with Gasteiger partial charge < -0.3 is 9.80 Å². The minimum atomic E-state index is 0.500. The Morgan fingerprint density at radius 3 is 2.68 bits per heavy atom. The second kappa shape index (κ2) is 5.80. The van der Waals surface area contributed by atoms with Crippen LogP contribution in [0, 0.1) is 11.3 Å². The van der Waals surface area contributed by atoms with Crippen LogP contribution < -0.4 is 4.90 Å². The molecule has 0 aromatic carbocycles. The van der Waals surface area contributed by atoms with E-state index >= 15 is 0 Å². The molecule has 0 amide bonds. The summed E-state index contributed by atoms with van der Waals surface area (Å²) in [4.78, 5) is 14.3. The van der Waals surface area contributed by atoms with E-state index < -0.39 is 0 Å². The molecule has 0 radical (unpaired) electrons. The summed E-state index contributed by atoms with van der Waals surface area (Å²) >= 11 is 0. The van der Waals surface area contributed by atoms with E-state index in [0.29, 0.717) is 5.41 Å². The summed E-state index contributed by atoms with van der Waals surface area (Å²) in [6, 6.07) is 0. The van der Waals surface area contributed by atoms with Crippen LogP contribution in [0.3, 0.4) is 0 Å². The van der Waals surface area contributed by atoms with E-state index in [2.05, 4.69) is 26.7 Å². The van der Waals surface area contributed by atoms with Crippen molar-refractivity contribution in [2.24, 2.45) is 11.3 Å². The maximum atomic E-state index is 4.59. The lowest BCUT2D eigenvalue weighted by atomic mass is 9.79. The van der Waals surface area contributed by atoms with Gasteiger partial charge in [-0.2, -0.15) is 0 Å². The molecule has 2 saturated heterocycles. The number of likely N-dealkylation sites (tertiary alicyclic amines) is 1. The van der Waals surface area contributed by atoms with Crippen molar-refractivity contribution in [2.75, 3.05) is 37.6 Å². The Hall–Kier alpha value is -1.16. The van der Waals surface area contributed by atoms with Crippen molar-refractivity contribution in [1.29, 1.82) is 0 Å². The van der Waals surface area contributed by atoms with Crippen molar-refractivity contribution in [2.45, 2.75) is 45.4 Å². The molecule has 0 N–H and O–H groups in total. The number of rotatable bonds is 4. The SMILES string of the molecule is CCc1cnc(N2CC[C@]3(CCCN(CC4CC4)C3)C2)nc1. The largest absolute Gasteiger partial charge is 0.340 e. The smallest absolute Gasteiger partial charge is 0.225 e. The lowest BCUT2D eigenvalue weighted by molar-refractivity contribution is 0.101. The molecule has 3 heterocycles. The van der Waals surface area contributed by atoms with Crippen LogP contribution in [-0.4, -0.2) is 47.6 Å². The van der Waals surface area contributed by atoms with Crippen LogP contribution in [0.15, 0.2) is 12.4 Å². The fourth-order valence-corrected chi connectivity index (χ4v) is 4.26. The van der Waals surface area contributed by atoms with Gasteiger partial charge in [0, 0.05) is 44.0 Å². The van der Waals surface area contributed by atoms with E-state index in [1.54, 1.807) is 0 Å². The van der Waals surface area contributed by atoms with E-state index in [9.17, 15) is 0 Å². The number of hydrogen-bond donors (Lipinski definition) is 0. The van der Waals surface area contributed by atoms with Crippen LogP contribution in [0.5, 0.6) is 0 Å². The summed E-state index contributed by atoms with van der Waals surface area (Å²) in [6.45, 7) is 8.40. The molecule has 0 bridgehead atoms. The molecule has 0 unspecified atom stereocenters. The molecule has 4 nitrogen and oxygen atoms in total. The Morgan fingerprint density at radius 2 is 1.95 bits per heavy atom. The normalized spacial score (nSPS) is 29.4. The van der Waals surface area contributed by atoms with Crippen molar-refractivity contribution >= 4 is 5.95 Å². The van der Waals surface area contributed by atoms with Crippen molar-refractivity contribution < 1.29 is 0 Å². The van der Waals surface area contributed by atoms with E-state index in [4.69, 9.17) is 0 Å². The average Bonchev–Trinajstić information content (AvgIpc) is 3.27. The summed E-state index contributed by atoms with van der Waals surface area (Å²) in [5.74, 6) is 1.95. The highest BCUT2D eigenvalue weighted by molar-refractivity contribution is 5.33. The van der Waals surface area contributed by atoms with Gasteiger partial charge in [-0.05, 0) is 56.6 Å². The topological polar surface area (TPSA) is 32.3 Å². The van der Waals surface area contributed by atoms with Crippen LogP contribution in [0.1, 0.15) is 44.6 Å². The molecule has 120 valence electrons. The second-order valence-electron chi connectivity index (χ2n) is 7.70. The Kier molecular flexibility index (Phi) is 3.81. The fraction of sp³-hybridized carbons (Fsp3) is 0.778. The van der Waals surface area contributed by atoms with Crippen molar-refractivity contribution in [1.82, 2.24) is 14.9 Å². The Balaban J connectivity index is 1.41. The number of aryl methyl sites for hydroxylation is 1. The number of nitrogens with zero attached hydrogens (tertiary/aromatic N) is 4. The number of hydrogen-bond acceptors (Lipinski definition) is 4. The lowest BCUT2D eigenvalue weighted by Crippen LogP contribution is -2.45. The number of anilines is 1. The van der Waals surface area contributed by atoms with Crippen LogP contribution >= 0.6 is 0 Å². The molecule has 4 heteroatoms. The Morgan fingerprint density at radius 1 is 1.14 bits per heavy atom. The first kappa shape index (κ1) is 14.4. The average molecular weight is 300 g/mol. The first-order valence-electron chi connectivity index (χ1n) is 9.05. The highest BCUT2D eigenvalue weighted by Gasteiger charge is 2.42. The van der Waals surface area contributed by atoms with Gasteiger partial charge in [-0.25, -0.2) is 9.97 Å². The summed E-state index contributed by atoms with van der Waals surface area (Å²) < 4.78 is 0. The summed E-state index contributed by atoms with van der Waals surface area (Å²) in [5.41, 5.74) is 1.73. The summed E-state index contributed by atoms with van der Waals surface area (Å²) in [7, 11) is 0. The van der Waals surface area contributed by atoms with Crippen molar-refractivity contribution in [3.05, 3.63) is 18.0 Å². The van der Waals surface area contributed by atoms with Crippen LogP contribution in [0.2, 0.25) is 0 Å². The predicted molar refractivity (Wildman–Crippen MR) is 89.1 cm³/mol. The van der Waals surface area contributed by atoms with Gasteiger partial charge in [0.1, 0.15) is 0 Å². The van der Waals surface area contributed by atoms with Gasteiger partial charge in [0.15, 0.2) is 0 Å². The molecule has 1 saturated carbocycles. The predicted octanol–water partition coefficient (Wildman–Crippen LogP) is 2.74. The van der Waals surface area contributed by atoms with Crippen LogP contribution in [0.4, 0.5) is 5.95 Å². The van der Waals surface area contributed by atoms with E-state index in [0.717, 1.165) is 31.4 Å². The van der Waals surface area contributed by atoms with Crippen LogP contribution in [-0.2, 0) is 6.42 Å². The molecular formula is C18H28N4. The first-order chi connectivity index (χ1) is 10.8. The monoisotopic (exact) mass is 300 g/mol. The van der Waals surface area contributed by atoms with Gasteiger partial charge in [-0.1, -0.05) is 6.92 Å². The molecule has 1 aromatic heterocycles. The third kappa shape index (κ3) is 2.98. The zero-order valence-corrected chi connectivity index (χ0v) is 13.8. The Bertz CT molecular complexity index is 510. The maximum absolute atomic E-state index is 4.59. The van der Waals surface area contributed by atoms with Gasteiger partial charge in [-0.3, -0.25) is 0 Å². The van der Waals surface area contributed by atoms with Gasteiger partial charge in [0.25, 0.3) is 0 Å². The van der Waals surface area contributed by atoms with Crippen molar-refractivity contribution in [3.8, 4) is 0 Å². The highest BCUT2D eigenvalue weighted by atomic mass is 15.3. The lowest BCUT2D eigenvalue weighted by Gasteiger charge is -2.40. The third-order valence-electron chi connectivity index (χ3n) is 5.77. The van der Waals surface area contributed by atoms with E-state index in [1.807, 2.05) is 12.4 Å². The molecule has 1 aliphatic carbocycles. The van der Waals surface area contributed by atoms with Gasteiger partial charge in [-0.15, -0.1) is 0 Å². The standard InChI is InChI=1S/C18H28N4/c1-2-15-10-19-17(20-11-15)22-9-7-18(14-22)6-3-8-21(13-18)12-16-4-5-16/h10-11,16H,2-9,12-14H2,1H3/t18-/m0/s1. The fourth-order valence-electron chi connectivity index (χ4n) is 4.26. The van der Waals surface area contributed by atoms with Crippen LogP contribution in [0.25, 0.3) is 0 Å². The second-order valence-corrected chi connectivity index (χ2v) is 7.70. The first-order valence-corrected chi connectivity index (χ1v) is 9.05. The minimum absolute atomic E-state index is 0.500. The number of aromatic nitrogens is 2. The molecule has 1 atom stereocenters. The third-order valence-corrected chi connectivity index (χ3v) is 5.77. The molecule has 1 aromatic rings. The zero-order chi connectivity index (χ0) is 15.0.